The molecule has 0 spiro atoms. The molecule has 0 aromatic rings. The van der Waals surface area contributed by atoms with Gasteiger partial charge in [-0.1, -0.05) is 6.92 Å². The fourth-order valence-electron chi connectivity index (χ4n) is 1.95. The maximum atomic E-state index is 10.9. The molecule has 15 heavy (non-hydrogen) atoms. The van der Waals surface area contributed by atoms with Crippen molar-refractivity contribution in [2.24, 2.45) is 11.8 Å². The molecule has 0 radical (unpaired) electrons. The molecule has 1 aliphatic carbocycles. The van der Waals surface area contributed by atoms with Crippen LogP contribution in [0.15, 0.2) is 0 Å². The third-order valence-electron chi connectivity index (χ3n) is 2.69. The number of hydrogen-bond donors (Lipinski definition) is 1. The van der Waals surface area contributed by atoms with E-state index in [1.54, 1.807) is 0 Å². The molecule has 0 heterocycles. The number of esters is 1. The van der Waals surface area contributed by atoms with E-state index in [1.807, 2.05) is 0 Å². The molecule has 0 unspecified atom stereocenters. The molecule has 0 aromatic carbocycles. The molecular weight excluding hydrogens is 220 g/mol. The predicted molar refractivity (Wildman–Crippen MR) is 56.9 cm³/mol. The average Bonchev–Trinajstić information content (AvgIpc) is 2.01. The van der Waals surface area contributed by atoms with E-state index in [2.05, 4.69) is 6.92 Å². The van der Waals surface area contributed by atoms with E-state index < -0.39 is 24.0 Å². The molecule has 0 bridgehead atoms. The molecule has 1 rings (SSSR count). The van der Waals surface area contributed by atoms with Crippen LogP contribution >= 0.6 is 12.4 Å². The summed E-state index contributed by atoms with van der Waals surface area (Å²) in [6.45, 7) is 3.37. The van der Waals surface area contributed by atoms with Crippen LogP contribution in [0.5, 0.6) is 0 Å². The summed E-state index contributed by atoms with van der Waals surface area (Å²) in [7, 11) is 0. The first-order chi connectivity index (χ1) is 6.50. The van der Waals surface area contributed by atoms with Crippen LogP contribution in [0.2, 0.25) is 0 Å². The van der Waals surface area contributed by atoms with Crippen molar-refractivity contribution in [3.8, 4) is 0 Å². The van der Waals surface area contributed by atoms with Crippen molar-refractivity contribution in [2.45, 2.75) is 39.2 Å². The molecule has 1 N–H and O–H groups in total. The summed E-state index contributed by atoms with van der Waals surface area (Å²) in [5, 5.41) is 8.92. The number of hydrogen-bond acceptors (Lipinski definition) is 3. The Bertz CT molecular complexity index is 242. The Hall–Kier alpha value is -0.770. The van der Waals surface area contributed by atoms with Crippen LogP contribution in [-0.4, -0.2) is 23.1 Å². The number of aliphatic carboxylic acids is 1. The molecule has 0 saturated heterocycles. The molecule has 1 aliphatic rings. The second-order valence-electron chi connectivity index (χ2n) is 4.01. The van der Waals surface area contributed by atoms with Crippen LogP contribution < -0.4 is 0 Å². The zero-order chi connectivity index (χ0) is 10.7. The third-order valence-corrected chi connectivity index (χ3v) is 2.69. The Morgan fingerprint density at radius 1 is 1.33 bits per heavy atom. The lowest BCUT2D eigenvalue weighted by molar-refractivity contribution is -0.160. The molecule has 4 nitrogen and oxygen atoms in total. The standard InChI is InChI=1S/C10H16O4.ClH/c1-6-3-4-8(10(12)13)9(5-6)14-7(2)11;/h6,8-9H,3-5H2,1-2H3,(H,12,13);1H/t6-,8-,9+;/m1./s1. The van der Waals surface area contributed by atoms with Crippen molar-refractivity contribution in [1.29, 1.82) is 0 Å². The second kappa shape index (κ2) is 5.95. The van der Waals surface area contributed by atoms with Crippen molar-refractivity contribution in [3.63, 3.8) is 0 Å². The Balaban J connectivity index is 0.00000196. The van der Waals surface area contributed by atoms with Crippen LogP contribution in [-0.2, 0) is 14.3 Å². The smallest absolute Gasteiger partial charge is 0.310 e. The van der Waals surface area contributed by atoms with Gasteiger partial charge in [-0.25, -0.2) is 0 Å². The Morgan fingerprint density at radius 2 is 1.93 bits per heavy atom. The van der Waals surface area contributed by atoms with Crippen LogP contribution in [0.3, 0.4) is 0 Å². The highest BCUT2D eigenvalue weighted by molar-refractivity contribution is 5.85. The van der Waals surface area contributed by atoms with E-state index in [-0.39, 0.29) is 12.4 Å². The molecule has 5 heteroatoms. The summed E-state index contributed by atoms with van der Waals surface area (Å²) in [4.78, 5) is 21.6. The van der Waals surface area contributed by atoms with Crippen LogP contribution in [0.4, 0.5) is 0 Å². The van der Waals surface area contributed by atoms with Crippen molar-refractivity contribution >= 4 is 24.3 Å². The zero-order valence-corrected chi connectivity index (χ0v) is 9.75. The third kappa shape index (κ3) is 4.08. The average molecular weight is 237 g/mol. The van der Waals surface area contributed by atoms with Gasteiger partial charge < -0.3 is 9.84 Å². The Morgan fingerprint density at radius 3 is 2.40 bits per heavy atom. The van der Waals surface area contributed by atoms with Crippen molar-refractivity contribution in [3.05, 3.63) is 0 Å². The first-order valence-corrected chi connectivity index (χ1v) is 4.90. The summed E-state index contributed by atoms with van der Waals surface area (Å²) in [5.74, 6) is -1.33. The van der Waals surface area contributed by atoms with Crippen molar-refractivity contribution < 1.29 is 19.4 Å². The number of rotatable bonds is 2. The van der Waals surface area contributed by atoms with Crippen molar-refractivity contribution in [2.75, 3.05) is 0 Å². The molecule has 0 aromatic heterocycles. The number of carbonyl (C=O) groups is 2. The van der Waals surface area contributed by atoms with Gasteiger partial charge in [0.1, 0.15) is 6.10 Å². The quantitative estimate of drug-likeness (QED) is 0.744. The predicted octanol–water partition coefficient (Wildman–Crippen LogP) is 1.86. The molecule has 88 valence electrons. The maximum absolute atomic E-state index is 10.9. The summed E-state index contributed by atoms with van der Waals surface area (Å²) in [6, 6.07) is 0. The second-order valence-corrected chi connectivity index (χ2v) is 4.01. The minimum Gasteiger partial charge on any atom is -0.481 e. The highest BCUT2D eigenvalue weighted by Crippen LogP contribution is 2.31. The van der Waals surface area contributed by atoms with Crippen molar-refractivity contribution in [1.82, 2.24) is 0 Å². The highest BCUT2D eigenvalue weighted by atomic mass is 35.5. The van der Waals surface area contributed by atoms with Gasteiger partial charge in [0.25, 0.3) is 0 Å². The topological polar surface area (TPSA) is 63.6 Å². The lowest BCUT2D eigenvalue weighted by Gasteiger charge is -2.31. The van der Waals surface area contributed by atoms with E-state index in [9.17, 15) is 9.59 Å². The highest BCUT2D eigenvalue weighted by Gasteiger charge is 2.35. The molecule has 0 amide bonds. The summed E-state index contributed by atoms with van der Waals surface area (Å²) >= 11 is 0. The summed E-state index contributed by atoms with van der Waals surface area (Å²) in [5.41, 5.74) is 0. The fraction of sp³-hybridized carbons (Fsp3) is 0.800. The molecule has 1 saturated carbocycles. The van der Waals surface area contributed by atoms with Crippen LogP contribution in [0, 0.1) is 11.8 Å². The van der Waals surface area contributed by atoms with E-state index in [1.165, 1.54) is 6.92 Å². The monoisotopic (exact) mass is 236 g/mol. The molecule has 1 fully saturated rings. The summed E-state index contributed by atoms with van der Waals surface area (Å²) < 4.78 is 5.02. The lowest BCUT2D eigenvalue weighted by Crippen LogP contribution is -2.37. The van der Waals surface area contributed by atoms with Gasteiger partial charge in [-0.2, -0.15) is 0 Å². The first kappa shape index (κ1) is 14.2. The van der Waals surface area contributed by atoms with E-state index >= 15 is 0 Å². The first-order valence-electron chi connectivity index (χ1n) is 4.90. The van der Waals surface area contributed by atoms with E-state index in [4.69, 9.17) is 9.84 Å². The normalized spacial score (nSPS) is 30.1. The number of halogens is 1. The summed E-state index contributed by atoms with van der Waals surface area (Å²) in [6.07, 6.45) is 1.73. The van der Waals surface area contributed by atoms with Crippen LogP contribution in [0.25, 0.3) is 0 Å². The Kier molecular flexibility index (Phi) is 5.65. The van der Waals surface area contributed by atoms with Gasteiger partial charge in [-0.05, 0) is 25.2 Å². The van der Waals surface area contributed by atoms with Crippen LogP contribution in [0.1, 0.15) is 33.1 Å². The van der Waals surface area contributed by atoms with Gasteiger partial charge in [0.2, 0.25) is 0 Å². The zero-order valence-electron chi connectivity index (χ0n) is 8.93. The lowest BCUT2D eigenvalue weighted by atomic mass is 9.80. The van der Waals surface area contributed by atoms with Gasteiger partial charge >= 0.3 is 11.9 Å². The number of carboxylic acids is 1. The number of carboxylic acid groups (broad SMARTS) is 1. The largest absolute Gasteiger partial charge is 0.481 e. The maximum Gasteiger partial charge on any atom is 0.310 e. The number of carbonyl (C=O) groups excluding carboxylic acids is 1. The SMILES string of the molecule is CC(=O)O[C@H]1C[C@H](C)CC[C@H]1C(=O)O.Cl. The van der Waals surface area contributed by atoms with Gasteiger partial charge in [-0.15, -0.1) is 12.4 Å². The molecule has 0 aliphatic heterocycles. The fourth-order valence-corrected chi connectivity index (χ4v) is 1.95. The number of ether oxygens (including phenoxy) is 1. The van der Waals surface area contributed by atoms with Gasteiger partial charge in [0.05, 0.1) is 5.92 Å². The van der Waals surface area contributed by atoms with E-state index in [0.29, 0.717) is 18.8 Å². The van der Waals surface area contributed by atoms with Gasteiger partial charge in [-0.3, -0.25) is 9.59 Å². The minimum absolute atomic E-state index is 0. The molecule has 3 atom stereocenters. The Labute approximate surface area is 95.4 Å². The van der Waals surface area contributed by atoms with E-state index in [0.717, 1.165) is 6.42 Å². The minimum atomic E-state index is -0.858. The van der Waals surface area contributed by atoms with Gasteiger partial charge in [0.15, 0.2) is 0 Å². The molecular formula is C10H17ClO4. The van der Waals surface area contributed by atoms with Gasteiger partial charge in [0, 0.05) is 6.92 Å².